The molecular weight excluding hydrogens is 376 g/mol. The molecule has 3 heterocycles. The lowest BCUT2D eigenvalue weighted by Crippen LogP contribution is -2.51. The van der Waals surface area contributed by atoms with E-state index >= 15 is 0 Å². The minimum atomic E-state index is -0.629. The van der Waals surface area contributed by atoms with Gasteiger partial charge >= 0.3 is 11.8 Å². The standard InChI is InChI=1S/C20H24N4O3S/c1-12-6-4-5-7-17(12)24-18(15-10-28-11-16(15)22-24)21-19(25)20(26)23-8-13(2)27-14(3)9-23/h4-7,13-14H,8-11H2,1-3H3,(H,21,25)/t13-,14-/m1/s1. The van der Waals surface area contributed by atoms with Gasteiger partial charge in [0.1, 0.15) is 5.82 Å². The van der Waals surface area contributed by atoms with Crippen LogP contribution in [0.25, 0.3) is 5.69 Å². The minimum Gasteiger partial charge on any atom is -0.372 e. The van der Waals surface area contributed by atoms with Crippen LogP contribution in [0.3, 0.4) is 0 Å². The number of nitrogens with zero attached hydrogens (tertiary/aromatic N) is 3. The monoisotopic (exact) mass is 400 g/mol. The van der Waals surface area contributed by atoms with E-state index in [0.29, 0.717) is 18.9 Å². The molecule has 1 fully saturated rings. The molecular formula is C20H24N4O3S. The Morgan fingerprint density at radius 1 is 1.18 bits per heavy atom. The molecule has 4 rings (SSSR count). The van der Waals surface area contributed by atoms with Gasteiger partial charge in [0.2, 0.25) is 0 Å². The number of aromatic nitrogens is 2. The van der Waals surface area contributed by atoms with Crippen molar-refractivity contribution in [3.05, 3.63) is 41.1 Å². The highest BCUT2D eigenvalue weighted by atomic mass is 32.2. The highest BCUT2D eigenvalue weighted by Crippen LogP contribution is 2.36. The number of rotatable bonds is 2. The Balaban J connectivity index is 1.62. The maximum absolute atomic E-state index is 12.8. The molecule has 0 aliphatic carbocycles. The van der Waals surface area contributed by atoms with Gasteiger partial charge in [-0.3, -0.25) is 9.59 Å². The second kappa shape index (κ2) is 7.60. The molecule has 1 aromatic carbocycles. The van der Waals surface area contributed by atoms with Gasteiger partial charge in [0, 0.05) is 30.2 Å². The molecule has 148 valence electrons. The number of nitrogens with one attached hydrogen (secondary N) is 1. The van der Waals surface area contributed by atoms with Gasteiger partial charge in [0.25, 0.3) is 0 Å². The van der Waals surface area contributed by atoms with E-state index in [0.717, 1.165) is 34.0 Å². The van der Waals surface area contributed by atoms with E-state index in [2.05, 4.69) is 5.32 Å². The zero-order valence-electron chi connectivity index (χ0n) is 16.3. The number of morpholine rings is 1. The van der Waals surface area contributed by atoms with Crippen molar-refractivity contribution < 1.29 is 14.3 Å². The number of anilines is 1. The van der Waals surface area contributed by atoms with E-state index < -0.39 is 11.8 Å². The molecule has 2 amide bonds. The Kier molecular flexibility index (Phi) is 5.16. The Hall–Kier alpha value is -2.32. The number of hydrogen-bond acceptors (Lipinski definition) is 5. The quantitative estimate of drug-likeness (QED) is 0.784. The summed E-state index contributed by atoms with van der Waals surface area (Å²) in [5.41, 5.74) is 3.91. The van der Waals surface area contributed by atoms with E-state index in [1.807, 2.05) is 45.0 Å². The van der Waals surface area contributed by atoms with E-state index in [-0.39, 0.29) is 12.2 Å². The maximum Gasteiger partial charge on any atom is 0.315 e. The van der Waals surface area contributed by atoms with E-state index in [4.69, 9.17) is 9.84 Å². The predicted molar refractivity (Wildman–Crippen MR) is 109 cm³/mol. The van der Waals surface area contributed by atoms with Crippen molar-refractivity contribution in [1.29, 1.82) is 0 Å². The first-order valence-corrected chi connectivity index (χ1v) is 10.6. The van der Waals surface area contributed by atoms with Gasteiger partial charge in [0.15, 0.2) is 0 Å². The minimum absolute atomic E-state index is 0.0846. The summed E-state index contributed by atoms with van der Waals surface area (Å²) in [4.78, 5) is 27.1. The van der Waals surface area contributed by atoms with Crippen molar-refractivity contribution in [2.75, 3.05) is 18.4 Å². The molecule has 0 unspecified atom stereocenters. The Labute approximate surface area is 168 Å². The molecule has 0 radical (unpaired) electrons. The second-order valence-corrected chi connectivity index (χ2v) is 8.37. The largest absolute Gasteiger partial charge is 0.372 e. The number of ether oxygens (including phenoxy) is 1. The van der Waals surface area contributed by atoms with E-state index in [1.165, 1.54) is 0 Å². The van der Waals surface area contributed by atoms with Crippen molar-refractivity contribution in [3.63, 3.8) is 0 Å². The van der Waals surface area contributed by atoms with Crippen molar-refractivity contribution in [2.24, 2.45) is 0 Å². The fraction of sp³-hybridized carbons (Fsp3) is 0.450. The van der Waals surface area contributed by atoms with E-state index in [9.17, 15) is 9.59 Å². The molecule has 0 saturated carbocycles. The van der Waals surface area contributed by atoms with Crippen molar-refractivity contribution in [1.82, 2.24) is 14.7 Å². The van der Waals surface area contributed by atoms with Crippen LogP contribution in [0.5, 0.6) is 0 Å². The number of carbonyl (C=O) groups is 2. The van der Waals surface area contributed by atoms with Crippen LogP contribution in [0.15, 0.2) is 24.3 Å². The molecule has 28 heavy (non-hydrogen) atoms. The number of para-hydroxylation sites is 1. The lowest BCUT2D eigenvalue weighted by atomic mass is 10.2. The molecule has 1 saturated heterocycles. The van der Waals surface area contributed by atoms with Crippen molar-refractivity contribution in [3.8, 4) is 5.69 Å². The Morgan fingerprint density at radius 2 is 1.89 bits per heavy atom. The molecule has 2 aliphatic heterocycles. The van der Waals surface area contributed by atoms with Crippen LogP contribution in [0.1, 0.15) is 30.7 Å². The van der Waals surface area contributed by atoms with Crippen LogP contribution < -0.4 is 5.32 Å². The van der Waals surface area contributed by atoms with Gasteiger partial charge in [-0.2, -0.15) is 16.9 Å². The first-order valence-electron chi connectivity index (χ1n) is 9.44. The molecule has 2 atom stereocenters. The summed E-state index contributed by atoms with van der Waals surface area (Å²) in [6.07, 6.45) is -0.169. The number of fused-ring (bicyclic) bond motifs is 1. The van der Waals surface area contributed by atoms with Crippen LogP contribution in [0.2, 0.25) is 0 Å². The third-order valence-electron chi connectivity index (χ3n) is 5.03. The molecule has 0 bridgehead atoms. The molecule has 2 aromatic rings. The van der Waals surface area contributed by atoms with Crippen molar-refractivity contribution in [2.45, 2.75) is 44.5 Å². The number of aryl methyl sites for hydroxylation is 1. The van der Waals surface area contributed by atoms with Gasteiger partial charge in [-0.1, -0.05) is 18.2 Å². The molecule has 1 aromatic heterocycles. The SMILES string of the molecule is Cc1ccccc1-n1nc2c(c1NC(=O)C(=O)N1C[C@@H](C)O[C@H](C)C1)CSC2. The fourth-order valence-electron chi connectivity index (χ4n) is 3.77. The summed E-state index contributed by atoms with van der Waals surface area (Å²) in [6.45, 7) is 6.66. The summed E-state index contributed by atoms with van der Waals surface area (Å²) < 4.78 is 7.42. The first kappa shape index (κ1) is 19.0. The molecule has 2 aliphatic rings. The van der Waals surface area contributed by atoms with Crippen LogP contribution in [-0.4, -0.2) is 51.8 Å². The van der Waals surface area contributed by atoms with Crippen LogP contribution in [0, 0.1) is 6.92 Å². The van der Waals surface area contributed by atoms with Crippen LogP contribution in [0.4, 0.5) is 5.82 Å². The van der Waals surface area contributed by atoms with Crippen LogP contribution in [-0.2, 0) is 25.8 Å². The maximum atomic E-state index is 12.8. The molecule has 7 nitrogen and oxygen atoms in total. The predicted octanol–water partition coefficient (Wildman–Crippen LogP) is 2.50. The van der Waals surface area contributed by atoms with Gasteiger partial charge in [-0.25, -0.2) is 4.68 Å². The van der Waals surface area contributed by atoms with Gasteiger partial charge in [0.05, 0.1) is 23.6 Å². The Morgan fingerprint density at radius 3 is 2.61 bits per heavy atom. The summed E-state index contributed by atoms with van der Waals surface area (Å²) in [5.74, 6) is 1.02. The third kappa shape index (κ3) is 3.54. The van der Waals surface area contributed by atoms with Crippen molar-refractivity contribution >= 4 is 29.4 Å². The summed E-state index contributed by atoms with van der Waals surface area (Å²) in [6, 6.07) is 7.88. The number of carbonyl (C=O) groups excluding carboxylic acids is 2. The lowest BCUT2D eigenvalue weighted by Gasteiger charge is -2.34. The molecule has 8 heteroatoms. The highest BCUT2D eigenvalue weighted by Gasteiger charge is 2.32. The smallest absolute Gasteiger partial charge is 0.315 e. The summed E-state index contributed by atoms with van der Waals surface area (Å²) in [7, 11) is 0. The average molecular weight is 401 g/mol. The zero-order valence-corrected chi connectivity index (χ0v) is 17.1. The van der Waals surface area contributed by atoms with Gasteiger partial charge in [-0.15, -0.1) is 0 Å². The Bertz CT molecular complexity index is 916. The number of thioether (sulfide) groups is 1. The number of amides is 2. The normalized spacial score (nSPS) is 21.5. The first-order chi connectivity index (χ1) is 13.4. The van der Waals surface area contributed by atoms with Gasteiger partial charge in [-0.05, 0) is 32.4 Å². The zero-order chi connectivity index (χ0) is 19.8. The van der Waals surface area contributed by atoms with Crippen LogP contribution >= 0.6 is 11.8 Å². The third-order valence-corrected chi connectivity index (χ3v) is 6.00. The second-order valence-electron chi connectivity index (χ2n) is 7.39. The molecule has 0 spiro atoms. The summed E-state index contributed by atoms with van der Waals surface area (Å²) in [5, 5.41) is 7.57. The van der Waals surface area contributed by atoms with E-state index in [1.54, 1.807) is 21.3 Å². The fourth-order valence-corrected chi connectivity index (χ4v) is 4.80. The average Bonchev–Trinajstić information content (AvgIpc) is 3.23. The lowest BCUT2D eigenvalue weighted by molar-refractivity contribution is -0.151. The highest BCUT2D eigenvalue weighted by molar-refractivity contribution is 7.98. The van der Waals surface area contributed by atoms with Gasteiger partial charge < -0.3 is 15.0 Å². The number of benzene rings is 1. The summed E-state index contributed by atoms with van der Waals surface area (Å²) >= 11 is 1.76. The topological polar surface area (TPSA) is 76.5 Å². The molecule has 1 N–H and O–H groups in total. The number of hydrogen-bond donors (Lipinski definition) is 1.